The van der Waals surface area contributed by atoms with Crippen molar-refractivity contribution >= 4 is 5.97 Å². The van der Waals surface area contributed by atoms with Gasteiger partial charge in [-0.2, -0.15) is 0 Å². The minimum absolute atomic E-state index is 0.275. The van der Waals surface area contributed by atoms with Gasteiger partial charge in [-0.25, -0.2) is 0 Å². The first-order valence-corrected chi connectivity index (χ1v) is 5.13. The molecule has 2 unspecified atom stereocenters. The standard InChI is InChI=1S/C12H17NO2/c1-9(12(14)15)11(13)8-7-10-5-3-2-4-6-10/h2-6,9,11H,7-8,13H2,1H3,(H,14,15). The maximum Gasteiger partial charge on any atom is 0.307 e. The van der Waals surface area contributed by atoms with Gasteiger partial charge in [-0.15, -0.1) is 0 Å². The summed E-state index contributed by atoms with van der Waals surface area (Å²) in [5.74, 6) is -1.30. The number of carboxylic acid groups (broad SMARTS) is 1. The van der Waals surface area contributed by atoms with Crippen LogP contribution in [0.2, 0.25) is 0 Å². The third-order valence-electron chi connectivity index (χ3n) is 2.64. The first kappa shape index (κ1) is 11.7. The molecular formula is C12H17NO2. The molecular weight excluding hydrogens is 190 g/mol. The summed E-state index contributed by atoms with van der Waals surface area (Å²) >= 11 is 0. The minimum Gasteiger partial charge on any atom is -0.481 e. The first-order chi connectivity index (χ1) is 7.11. The Morgan fingerprint density at radius 1 is 1.40 bits per heavy atom. The number of aliphatic carboxylic acids is 1. The van der Waals surface area contributed by atoms with Gasteiger partial charge in [-0.3, -0.25) is 4.79 Å². The van der Waals surface area contributed by atoms with E-state index in [0.29, 0.717) is 6.42 Å². The number of hydrogen-bond donors (Lipinski definition) is 2. The molecule has 0 aliphatic heterocycles. The van der Waals surface area contributed by atoms with Gasteiger partial charge in [0.15, 0.2) is 0 Å². The van der Waals surface area contributed by atoms with Gasteiger partial charge in [0.1, 0.15) is 0 Å². The fourth-order valence-electron chi connectivity index (χ4n) is 1.41. The van der Waals surface area contributed by atoms with Crippen LogP contribution in [-0.2, 0) is 11.2 Å². The molecule has 3 nitrogen and oxygen atoms in total. The molecule has 3 N–H and O–H groups in total. The Kier molecular flexibility index (Phi) is 4.31. The fourth-order valence-corrected chi connectivity index (χ4v) is 1.41. The van der Waals surface area contributed by atoms with E-state index in [1.165, 1.54) is 5.56 Å². The van der Waals surface area contributed by atoms with Crippen LogP contribution in [0.1, 0.15) is 18.9 Å². The molecule has 0 amide bonds. The van der Waals surface area contributed by atoms with Crippen molar-refractivity contribution in [2.24, 2.45) is 11.7 Å². The molecule has 0 bridgehead atoms. The molecule has 0 spiro atoms. The van der Waals surface area contributed by atoms with E-state index in [1.54, 1.807) is 6.92 Å². The average Bonchev–Trinajstić information content (AvgIpc) is 2.26. The molecule has 0 aromatic heterocycles. The summed E-state index contributed by atoms with van der Waals surface area (Å²) in [7, 11) is 0. The Hall–Kier alpha value is -1.35. The van der Waals surface area contributed by atoms with E-state index in [4.69, 9.17) is 10.8 Å². The summed E-state index contributed by atoms with van der Waals surface area (Å²) in [6, 6.07) is 9.69. The number of nitrogens with two attached hydrogens (primary N) is 1. The number of benzene rings is 1. The van der Waals surface area contributed by atoms with Gasteiger partial charge >= 0.3 is 5.97 Å². The molecule has 0 heterocycles. The molecule has 2 atom stereocenters. The van der Waals surface area contributed by atoms with E-state index in [0.717, 1.165) is 6.42 Å². The van der Waals surface area contributed by atoms with Crippen molar-refractivity contribution in [3.05, 3.63) is 35.9 Å². The van der Waals surface area contributed by atoms with Gasteiger partial charge in [0.05, 0.1) is 5.92 Å². The fraction of sp³-hybridized carbons (Fsp3) is 0.417. The van der Waals surface area contributed by atoms with Crippen molar-refractivity contribution < 1.29 is 9.90 Å². The van der Waals surface area contributed by atoms with Gasteiger partial charge < -0.3 is 10.8 Å². The van der Waals surface area contributed by atoms with E-state index in [9.17, 15) is 4.79 Å². The maximum atomic E-state index is 10.7. The number of carbonyl (C=O) groups is 1. The Morgan fingerprint density at radius 2 is 2.00 bits per heavy atom. The van der Waals surface area contributed by atoms with Crippen LogP contribution in [0.25, 0.3) is 0 Å². The van der Waals surface area contributed by atoms with Crippen molar-refractivity contribution in [1.82, 2.24) is 0 Å². The van der Waals surface area contributed by atoms with E-state index in [-0.39, 0.29) is 6.04 Å². The number of aryl methyl sites for hydroxylation is 1. The summed E-state index contributed by atoms with van der Waals surface area (Å²) in [6.45, 7) is 1.65. The highest BCUT2D eigenvalue weighted by molar-refractivity contribution is 5.70. The van der Waals surface area contributed by atoms with E-state index in [2.05, 4.69) is 0 Å². The van der Waals surface area contributed by atoms with Gasteiger partial charge in [0.25, 0.3) is 0 Å². The van der Waals surface area contributed by atoms with E-state index in [1.807, 2.05) is 30.3 Å². The Bertz CT molecular complexity index is 311. The molecule has 1 rings (SSSR count). The normalized spacial score (nSPS) is 14.5. The van der Waals surface area contributed by atoms with Crippen molar-refractivity contribution in [3.63, 3.8) is 0 Å². The third-order valence-corrected chi connectivity index (χ3v) is 2.64. The van der Waals surface area contributed by atoms with Gasteiger partial charge in [0.2, 0.25) is 0 Å². The highest BCUT2D eigenvalue weighted by Crippen LogP contribution is 2.09. The SMILES string of the molecule is CC(C(=O)O)C(N)CCc1ccccc1. The van der Waals surface area contributed by atoms with Crippen LogP contribution in [0.5, 0.6) is 0 Å². The van der Waals surface area contributed by atoms with Crippen LogP contribution < -0.4 is 5.73 Å². The van der Waals surface area contributed by atoms with Crippen LogP contribution in [0.3, 0.4) is 0 Å². The lowest BCUT2D eigenvalue weighted by molar-refractivity contribution is -0.141. The zero-order chi connectivity index (χ0) is 11.3. The number of hydrogen-bond acceptors (Lipinski definition) is 2. The molecule has 1 aromatic carbocycles. The Balaban J connectivity index is 2.41. The van der Waals surface area contributed by atoms with Crippen molar-refractivity contribution in [1.29, 1.82) is 0 Å². The van der Waals surface area contributed by atoms with E-state index >= 15 is 0 Å². The molecule has 0 saturated heterocycles. The predicted molar refractivity (Wildman–Crippen MR) is 59.5 cm³/mol. The summed E-state index contributed by atoms with van der Waals surface area (Å²) in [5.41, 5.74) is 6.98. The Morgan fingerprint density at radius 3 is 2.53 bits per heavy atom. The highest BCUT2D eigenvalue weighted by Gasteiger charge is 2.19. The minimum atomic E-state index is -0.824. The quantitative estimate of drug-likeness (QED) is 0.772. The summed E-state index contributed by atoms with van der Waals surface area (Å²) in [6.07, 6.45) is 1.54. The lowest BCUT2D eigenvalue weighted by atomic mass is 9.96. The molecule has 0 fully saturated rings. The summed E-state index contributed by atoms with van der Waals surface area (Å²) in [5, 5.41) is 8.77. The molecule has 15 heavy (non-hydrogen) atoms. The molecule has 0 saturated carbocycles. The van der Waals surface area contributed by atoms with Crippen LogP contribution >= 0.6 is 0 Å². The zero-order valence-corrected chi connectivity index (χ0v) is 8.89. The first-order valence-electron chi connectivity index (χ1n) is 5.13. The van der Waals surface area contributed by atoms with Crippen molar-refractivity contribution in [2.75, 3.05) is 0 Å². The van der Waals surface area contributed by atoms with Crippen molar-refractivity contribution in [2.45, 2.75) is 25.8 Å². The molecule has 0 radical (unpaired) electrons. The van der Waals surface area contributed by atoms with Crippen molar-refractivity contribution in [3.8, 4) is 0 Å². The van der Waals surface area contributed by atoms with Crippen LogP contribution in [-0.4, -0.2) is 17.1 Å². The summed E-state index contributed by atoms with van der Waals surface area (Å²) < 4.78 is 0. The lowest BCUT2D eigenvalue weighted by Gasteiger charge is -2.15. The molecule has 0 aliphatic carbocycles. The second-order valence-corrected chi connectivity index (χ2v) is 3.82. The van der Waals surface area contributed by atoms with Gasteiger partial charge in [-0.05, 0) is 18.4 Å². The lowest BCUT2D eigenvalue weighted by Crippen LogP contribution is -2.33. The highest BCUT2D eigenvalue weighted by atomic mass is 16.4. The summed E-state index contributed by atoms with van der Waals surface area (Å²) in [4.78, 5) is 10.7. The number of rotatable bonds is 5. The second kappa shape index (κ2) is 5.51. The smallest absolute Gasteiger partial charge is 0.307 e. The predicted octanol–water partition coefficient (Wildman–Crippen LogP) is 1.67. The monoisotopic (exact) mass is 207 g/mol. The van der Waals surface area contributed by atoms with E-state index < -0.39 is 11.9 Å². The molecule has 82 valence electrons. The average molecular weight is 207 g/mol. The Labute approximate surface area is 89.9 Å². The van der Waals surface area contributed by atoms with Gasteiger partial charge in [0, 0.05) is 6.04 Å². The molecule has 1 aromatic rings. The number of carboxylic acids is 1. The third kappa shape index (κ3) is 3.72. The maximum absolute atomic E-state index is 10.7. The molecule has 0 aliphatic rings. The van der Waals surface area contributed by atoms with Gasteiger partial charge in [-0.1, -0.05) is 37.3 Å². The van der Waals surface area contributed by atoms with Crippen LogP contribution in [0, 0.1) is 5.92 Å². The second-order valence-electron chi connectivity index (χ2n) is 3.82. The molecule has 3 heteroatoms. The largest absolute Gasteiger partial charge is 0.481 e. The topological polar surface area (TPSA) is 63.3 Å². The van der Waals surface area contributed by atoms with Crippen LogP contribution in [0.4, 0.5) is 0 Å². The van der Waals surface area contributed by atoms with Crippen LogP contribution in [0.15, 0.2) is 30.3 Å². The zero-order valence-electron chi connectivity index (χ0n) is 8.89.